The van der Waals surface area contributed by atoms with Gasteiger partial charge in [0.25, 0.3) is 0 Å². The Kier molecular flexibility index (Phi) is 4.91. The van der Waals surface area contributed by atoms with Crippen molar-refractivity contribution in [3.63, 3.8) is 0 Å². The normalized spacial score (nSPS) is 32.2. The number of thiol groups is 1. The SMILES string of the molecule is [B][C@H]1CC[C@@H](CCOP(O)S)O1. The average Bonchev–Trinajstić information content (AvgIpc) is 2.35. The van der Waals surface area contributed by atoms with E-state index >= 15 is 0 Å². The van der Waals surface area contributed by atoms with Gasteiger partial charge >= 0.3 is 0 Å². The van der Waals surface area contributed by atoms with Gasteiger partial charge in [-0.05, 0) is 19.3 Å². The van der Waals surface area contributed by atoms with Crippen LogP contribution in [0.3, 0.4) is 0 Å². The summed E-state index contributed by atoms with van der Waals surface area (Å²) in [6, 6.07) is -0.110. The largest absolute Gasteiger partial charge is 0.385 e. The summed E-state index contributed by atoms with van der Waals surface area (Å²) in [5, 5.41) is 0. The Hall–Kier alpha value is 0.725. The molecule has 1 N–H and O–H groups in total. The molecule has 0 aromatic carbocycles. The number of hydrogen-bond donors (Lipinski definition) is 2. The van der Waals surface area contributed by atoms with Crippen LogP contribution >= 0.6 is 19.8 Å². The zero-order valence-corrected chi connectivity index (χ0v) is 8.51. The van der Waals surface area contributed by atoms with Crippen molar-refractivity contribution in [1.82, 2.24) is 0 Å². The van der Waals surface area contributed by atoms with E-state index in [9.17, 15) is 0 Å². The molecule has 1 rings (SSSR count). The third-order valence-electron chi connectivity index (χ3n) is 1.79. The molecule has 1 saturated heterocycles. The Balaban J connectivity index is 2.00. The van der Waals surface area contributed by atoms with Gasteiger partial charge in [0.2, 0.25) is 7.58 Å². The third-order valence-corrected chi connectivity index (χ3v) is 2.55. The van der Waals surface area contributed by atoms with Crippen LogP contribution in [0, 0.1) is 0 Å². The van der Waals surface area contributed by atoms with Crippen LogP contribution < -0.4 is 0 Å². The zero-order chi connectivity index (χ0) is 8.97. The lowest BCUT2D eigenvalue weighted by atomic mass is 9.97. The summed E-state index contributed by atoms with van der Waals surface area (Å²) < 4.78 is 10.2. The van der Waals surface area contributed by atoms with Gasteiger partial charge in [-0.15, -0.1) is 0 Å². The van der Waals surface area contributed by atoms with E-state index in [0.29, 0.717) is 6.61 Å². The maximum Gasteiger partial charge on any atom is 0.232 e. The molecule has 0 saturated carbocycles. The number of ether oxygens (including phenoxy) is 1. The molecule has 6 heteroatoms. The van der Waals surface area contributed by atoms with Crippen LogP contribution in [0.25, 0.3) is 0 Å². The van der Waals surface area contributed by atoms with E-state index in [1.54, 1.807) is 0 Å². The maximum absolute atomic E-state index is 8.72. The highest BCUT2D eigenvalue weighted by Crippen LogP contribution is 2.36. The molecule has 3 atom stereocenters. The van der Waals surface area contributed by atoms with Crippen molar-refractivity contribution >= 4 is 27.7 Å². The minimum atomic E-state index is -1.52. The predicted octanol–water partition coefficient (Wildman–Crippen LogP) is 1.22. The monoisotopic (exact) mass is 206 g/mol. The van der Waals surface area contributed by atoms with Crippen LogP contribution in [0.15, 0.2) is 0 Å². The topological polar surface area (TPSA) is 38.7 Å². The second-order valence-electron chi connectivity index (χ2n) is 2.75. The van der Waals surface area contributed by atoms with Crippen LogP contribution in [0.4, 0.5) is 0 Å². The van der Waals surface area contributed by atoms with Crippen molar-refractivity contribution in [2.45, 2.75) is 31.4 Å². The summed E-state index contributed by atoms with van der Waals surface area (Å²) >= 11 is 3.73. The smallest absolute Gasteiger partial charge is 0.232 e. The summed E-state index contributed by atoms with van der Waals surface area (Å²) in [5.74, 6) is 0. The molecule has 12 heavy (non-hydrogen) atoms. The van der Waals surface area contributed by atoms with Crippen LogP contribution in [0.2, 0.25) is 0 Å². The van der Waals surface area contributed by atoms with Gasteiger partial charge in [0.05, 0.1) is 12.7 Å². The minimum absolute atomic E-state index is 0.110. The Morgan fingerprint density at radius 1 is 1.67 bits per heavy atom. The van der Waals surface area contributed by atoms with Gasteiger partial charge in [0.15, 0.2) is 0 Å². The van der Waals surface area contributed by atoms with Gasteiger partial charge in [0, 0.05) is 6.00 Å². The summed E-state index contributed by atoms with van der Waals surface area (Å²) in [7, 11) is 4.01. The average molecular weight is 206 g/mol. The summed E-state index contributed by atoms with van der Waals surface area (Å²) in [6.07, 6.45) is 2.89. The summed E-state index contributed by atoms with van der Waals surface area (Å²) in [6.45, 7) is 0.489. The molecule has 1 fully saturated rings. The van der Waals surface area contributed by atoms with Crippen molar-refractivity contribution in [3.8, 4) is 0 Å². The standard InChI is InChI=1S/C6H12BO3PS/c7-6-2-1-5(10-6)3-4-9-11(8)12/h5-6,8,12H,1-4H2/t5-,6+,11?/m0/s1. The van der Waals surface area contributed by atoms with Gasteiger partial charge in [-0.25, -0.2) is 0 Å². The molecule has 2 radical (unpaired) electrons. The minimum Gasteiger partial charge on any atom is -0.385 e. The molecule has 1 heterocycles. The molecule has 68 valence electrons. The van der Waals surface area contributed by atoms with Crippen molar-refractivity contribution in [2.24, 2.45) is 0 Å². The van der Waals surface area contributed by atoms with E-state index < -0.39 is 7.58 Å². The first-order chi connectivity index (χ1) is 5.68. The molecule has 3 nitrogen and oxygen atoms in total. The quantitative estimate of drug-likeness (QED) is 0.412. The first-order valence-corrected chi connectivity index (χ1v) is 6.27. The lowest BCUT2D eigenvalue weighted by Gasteiger charge is -2.11. The molecule has 0 spiro atoms. The summed E-state index contributed by atoms with van der Waals surface area (Å²) in [5.41, 5.74) is 0. The first kappa shape index (κ1) is 10.8. The van der Waals surface area contributed by atoms with Crippen LogP contribution in [0.1, 0.15) is 19.3 Å². The van der Waals surface area contributed by atoms with Crippen molar-refractivity contribution in [2.75, 3.05) is 6.61 Å². The van der Waals surface area contributed by atoms with E-state index in [4.69, 9.17) is 22.0 Å². The lowest BCUT2D eigenvalue weighted by Crippen LogP contribution is -2.12. The highest BCUT2D eigenvalue weighted by atomic mass is 32.7. The van der Waals surface area contributed by atoms with Crippen LogP contribution in [0.5, 0.6) is 0 Å². The lowest BCUT2D eigenvalue weighted by molar-refractivity contribution is 0.0716. The Bertz CT molecular complexity index is 138. The van der Waals surface area contributed by atoms with Gasteiger partial charge in [-0.3, -0.25) is 0 Å². The molecule has 1 unspecified atom stereocenters. The fourth-order valence-corrected chi connectivity index (χ4v) is 1.73. The van der Waals surface area contributed by atoms with Crippen molar-refractivity contribution < 1.29 is 14.2 Å². The third kappa shape index (κ3) is 4.10. The van der Waals surface area contributed by atoms with Crippen molar-refractivity contribution in [1.29, 1.82) is 0 Å². The fraction of sp³-hybridized carbons (Fsp3) is 1.00. The second kappa shape index (κ2) is 5.45. The summed E-state index contributed by atoms with van der Waals surface area (Å²) in [4.78, 5) is 8.72. The molecular weight excluding hydrogens is 194 g/mol. The molecule has 0 aromatic heterocycles. The first-order valence-electron chi connectivity index (χ1n) is 3.90. The molecule has 0 aromatic rings. The van der Waals surface area contributed by atoms with Crippen LogP contribution in [-0.4, -0.2) is 31.5 Å². The predicted molar refractivity (Wildman–Crippen MR) is 52.3 cm³/mol. The molecule has 0 amide bonds. The van der Waals surface area contributed by atoms with Crippen LogP contribution in [-0.2, 0) is 9.26 Å². The highest BCUT2D eigenvalue weighted by molar-refractivity contribution is 8.41. The zero-order valence-electron chi connectivity index (χ0n) is 6.72. The fourth-order valence-electron chi connectivity index (χ4n) is 1.21. The molecule has 0 aliphatic carbocycles. The van der Waals surface area contributed by atoms with Gasteiger partial charge in [0.1, 0.15) is 7.85 Å². The molecule has 1 aliphatic heterocycles. The second-order valence-corrected chi connectivity index (χ2v) is 4.54. The Morgan fingerprint density at radius 2 is 2.42 bits per heavy atom. The van der Waals surface area contributed by atoms with Gasteiger partial charge in [-0.1, -0.05) is 12.2 Å². The van der Waals surface area contributed by atoms with Gasteiger partial charge in [-0.2, -0.15) is 0 Å². The molecule has 0 bridgehead atoms. The number of hydrogen-bond acceptors (Lipinski definition) is 4. The van der Waals surface area contributed by atoms with E-state index in [1.807, 2.05) is 0 Å². The molecule has 1 aliphatic rings. The Labute approximate surface area is 80.3 Å². The van der Waals surface area contributed by atoms with E-state index in [2.05, 4.69) is 12.2 Å². The van der Waals surface area contributed by atoms with E-state index in [0.717, 1.165) is 19.3 Å². The van der Waals surface area contributed by atoms with Gasteiger partial charge < -0.3 is 14.2 Å². The Morgan fingerprint density at radius 3 is 2.92 bits per heavy atom. The van der Waals surface area contributed by atoms with Crippen molar-refractivity contribution in [3.05, 3.63) is 0 Å². The number of rotatable bonds is 4. The molecular formula is C6H12BO3PS. The van der Waals surface area contributed by atoms with E-state index in [-0.39, 0.29) is 12.1 Å². The van der Waals surface area contributed by atoms with E-state index in [1.165, 1.54) is 0 Å². The maximum atomic E-state index is 8.72. The highest BCUT2D eigenvalue weighted by Gasteiger charge is 2.20.